The van der Waals surface area contributed by atoms with Gasteiger partial charge in [-0.1, -0.05) is 25.4 Å². The Bertz CT molecular complexity index is 1320. The number of aromatic nitrogens is 2. The Balaban J connectivity index is 1.51. The van der Waals surface area contributed by atoms with Gasteiger partial charge in [0, 0.05) is 60.5 Å². The van der Waals surface area contributed by atoms with Crippen molar-refractivity contribution in [3.8, 4) is 11.3 Å². The normalized spacial score (nSPS) is 20.9. The molecule has 2 saturated heterocycles. The van der Waals surface area contributed by atoms with E-state index in [1.54, 1.807) is 17.7 Å². The summed E-state index contributed by atoms with van der Waals surface area (Å²) >= 11 is 8.08. The predicted octanol–water partition coefficient (Wildman–Crippen LogP) is 4.79. The number of halogens is 1. The van der Waals surface area contributed by atoms with Gasteiger partial charge >= 0.3 is 0 Å². The zero-order valence-corrected chi connectivity index (χ0v) is 22.8. The lowest BCUT2D eigenvalue weighted by Gasteiger charge is -2.34. The van der Waals surface area contributed by atoms with Gasteiger partial charge in [0.1, 0.15) is 6.33 Å². The maximum absolute atomic E-state index is 12.7. The molecule has 1 N–H and O–H groups in total. The summed E-state index contributed by atoms with van der Waals surface area (Å²) in [4.78, 5) is 39.5. The van der Waals surface area contributed by atoms with Crippen LogP contribution >= 0.6 is 22.9 Å². The first-order valence-corrected chi connectivity index (χ1v) is 13.6. The molecule has 0 aliphatic carbocycles. The van der Waals surface area contributed by atoms with Crippen LogP contribution < -0.4 is 5.32 Å². The Kier molecular flexibility index (Phi) is 6.89. The van der Waals surface area contributed by atoms with E-state index in [4.69, 9.17) is 16.6 Å². The number of fused-ring (bicyclic) bond motifs is 1. The first kappa shape index (κ1) is 25.3. The van der Waals surface area contributed by atoms with Crippen molar-refractivity contribution in [1.29, 1.82) is 0 Å². The van der Waals surface area contributed by atoms with Crippen molar-refractivity contribution in [3.05, 3.63) is 45.6 Å². The zero-order chi connectivity index (χ0) is 25.6. The molecule has 1 atom stereocenters. The Morgan fingerprint density at radius 2 is 1.89 bits per heavy atom. The number of imide groups is 1. The molecule has 2 amide bonds. The molecule has 190 valence electrons. The van der Waals surface area contributed by atoms with Crippen molar-refractivity contribution >= 4 is 45.0 Å². The number of hydrogen-bond acceptors (Lipinski definition) is 7. The second-order valence-electron chi connectivity index (χ2n) is 10.8. The number of rotatable bonds is 5. The Hall–Kier alpha value is -2.39. The van der Waals surface area contributed by atoms with E-state index in [2.05, 4.69) is 29.0 Å². The van der Waals surface area contributed by atoms with Crippen LogP contribution in [0.5, 0.6) is 0 Å². The van der Waals surface area contributed by atoms with Gasteiger partial charge in [0.2, 0.25) is 11.8 Å². The maximum Gasteiger partial charge on any atom is 0.230 e. The van der Waals surface area contributed by atoms with Crippen molar-refractivity contribution in [3.63, 3.8) is 0 Å². The molecule has 1 unspecified atom stereocenters. The SMILES string of the molecule is Cc1cc(Cl)cc(-c2ncnc3cc(CN4C(=O)CC(C)(C)CC4=O)sc23)c1CN1CCNCC1C. The largest absolute Gasteiger partial charge is 0.314 e. The monoisotopic (exact) mass is 525 g/mol. The van der Waals surface area contributed by atoms with Gasteiger partial charge in [-0.15, -0.1) is 11.3 Å². The van der Waals surface area contributed by atoms with Crippen LogP contribution in [0.1, 0.15) is 49.6 Å². The first-order chi connectivity index (χ1) is 17.1. The van der Waals surface area contributed by atoms with Gasteiger partial charge < -0.3 is 5.32 Å². The molecular weight excluding hydrogens is 494 g/mol. The fraction of sp³-hybridized carbons (Fsp3) is 0.481. The highest BCUT2D eigenvalue weighted by molar-refractivity contribution is 7.19. The number of piperazine rings is 1. The minimum atomic E-state index is -0.285. The zero-order valence-electron chi connectivity index (χ0n) is 21.2. The molecule has 0 saturated carbocycles. The van der Waals surface area contributed by atoms with Crippen LogP contribution in [0.3, 0.4) is 0 Å². The molecule has 9 heteroatoms. The van der Waals surface area contributed by atoms with Gasteiger partial charge in [0.15, 0.2) is 0 Å². The minimum absolute atomic E-state index is 0.113. The van der Waals surface area contributed by atoms with E-state index >= 15 is 0 Å². The quantitative estimate of drug-likeness (QED) is 0.483. The number of likely N-dealkylation sites (tertiary alicyclic amines) is 1. The number of nitrogens with zero attached hydrogens (tertiary/aromatic N) is 4. The molecule has 0 spiro atoms. The Morgan fingerprint density at radius 3 is 2.61 bits per heavy atom. The number of thiophene rings is 1. The van der Waals surface area contributed by atoms with Crippen LogP contribution in [-0.2, 0) is 22.7 Å². The van der Waals surface area contributed by atoms with Gasteiger partial charge in [0.25, 0.3) is 0 Å². The Morgan fingerprint density at radius 1 is 1.14 bits per heavy atom. The fourth-order valence-corrected chi connectivity index (χ4v) is 6.61. The van der Waals surface area contributed by atoms with Crippen LogP contribution in [0.2, 0.25) is 5.02 Å². The van der Waals surface area contributed by atoms with Gasteiger partial charge in [-0.25, -0.2) is 9.97 Å². The molecule has 36 heavy (non-hydrogen) atoms. The maximum atomic E-state index is 12.7. The highest BCUT2D eigenvalue weighted by Crippen LogP contribution is 2.38. The molecule has 2 aromatic heterocycles. The smallest absolute Gasteiger partial charge is 0.230 e. The van der Waals surface area contributed by atoms with Gasteiger partial charge in [0.05, 0.1) is 22.5 Å². The highest BCUT2D eigenvalue weighted by Gasteiger charge is 2.37. The molecule has 7 nitrogen and oxygen atoms in total. The summed E-state index contributed by atoms with van der Waals surface area (Å²) in [5.74, 6) is -0.226. The second kappa shape index (κ2) is 9.82. The summed E-state index contributed by atoms with van der Waals surface area (Å²) in [6.45, 7) is 12.3. The molecule has 2 aliphatic heterocycles. The van der Waals surface area contributed by atoms with E-state index in [0.717, 1.165) is 58.1 Å². The van der Waals surface area contributed by atoms with E-state index in [1.807, 2.05) is 32.0 Å². The Labute approximate surface area is 220 Å². The van der Waals surface area contributed by atoms with Crippen molar-refractivity contribution in [2.24, 2.45) is 5.41 Å². The number of hydrogen-bond donors (Lipinski definition) is 1. The van der Waals surface area contributed by atoms with Crippen molar-refractivity contribution in [2.75, 3.05) is 19.6 Å². The average molecular weight is 526 g/mol. The lowest BCUT2D eigenvalue weighted by Crippen LogP contribution is -2.49. The predicted molar refractivity (Wildman–Crippen MR) is 144 cm³/mol. The molecule has 1 aromatic carbocycles. The van der Waals surface area contributed by atoms with Crippen LogP contribution in [0.15, 0.2) is 24.5 Å². The van der Waals surface area contributed by atoms with E-state index in [1.165, 1.54) is 10.5 Å². The van der Waals surface area contributed by atoms with Gasteiger partial charge in [-0.2, -0.15) is 0 Å². The number of aryl methyl sites for hydroxylation is 1. The third-order valence-corrected chi connectivity index (χ3v) is 8.56. The summed E-state index contributed by atoms with van der Waals surface area (Å²) in [6, 6.07) is 6.42. The number of nitrogens with one attached hydrogen (secondary N) is 1. The van der Waals surface area contributed by atoms with Gasteiger partial charge in [-0.05, 0) is 48.6 Å². The summed E-state index contributed by atoms with van der Waals surface area (Å²) in [6.07, 6.45) is 2.34. The van der Waals surface area contributed by atoms with E-state index in [9.17, 15) is 9.59 Å². The third kappa shape index (κ3) is 5.05. The fourth-order valence-electron chi connectivity index (χ4n) is 5.23. The molecule has 2 aliphatic rings. The number of carbonyl (C=O) groups excluding carboxylic acids is 2. The molecular formula is C27H32ClN5O2S. The van der Waals surface area contributed by atoms with Crippen LogP contribution in [0, 0.1) is 12.3 Å². The van der Waals surface area contributed by atoms with Crippen molar-refractivity contribution in [1.82, 2.24) is 25.1 Å². The lowest BCUT2D eigenvalue weighted by molar-refractivity contribution is -0.153. The summed E-state index contributed by atoms with van der Waals surface area (Å²) in [7, 11) is 0. The van der Waals surface area contributed by atoms with E-state index < -0.39 is 0 Å². The molecule has 3 aromatic rings. The molecule has 0 radical (unpaired) electrons. The van der Waals surface area contributed by atoms with Crippen LogP contribution in [0.25, 0.3) is 21.5 Å². The van der Waals surface area contributed by atoms with Gasteiger partial charge in [-0.3, -0.25) is 19.4 Å². The number of amides is 2. The number of piperidine rings is 1. The molecule has 5 rings (SSSR count). The van der Waals surface area contributed by atoms with Crippen molar-refractivity contribution < 1.29 is 9.59 Å². The topological polar surface area (TPSA) is 78.4 Å². The average Bonchev–Trinajstić information content (AvgIpc) is 3.21. The molecule has 0 bridgehead atoms. The van der Waals surface area contributed by atoms with E-state index in [-0.39, 0.29) is 23.8 Å². The number of benzene rings is 1. The van der Waals surface area contributed by atoms with Crippen LogP contribution in [-0.4, -0.2) is 57.3 Å². The lowest BCUT2D eigenvalue weighted by atomic mass is 9.82. The van der Waals surface area contributed by atoms with E-state index in [0.29, 0.717) is 23.9 Å². The van der Waals surface area contributed by atoms with Crippen LogP contribution in [0.4, 0.5) is 0 Å². The highest BCUT2D eigenvalue weighted by atomic mass is 35.5. The second-order valence-corrected chi connectivity index (χ2v) is 12.4. The first-order valence-electron chi connectivity index (χ1n) is 12.4. The standard InChI is InChI=1S/C27H32ClN5O2S/c1-16-7-18(28)8-20(21(16)14-32-6-5-29-12-17(32)2)25-26-22(30-15-31-25)9-19(36-26)13-33-23(34)10-27(3,4)11-24(33)35/h7-9,15,17,29H,5-6,10-14H2,1-4H3. The minimum Gasteiger partial charge on any atom is -0.314 e. The molecule has 2 fully saturated rings. The summed E-state index contributed by atoms with van der Waals surface area (Å²) in [5.41, 5.74) is 4.74. The molecule has 4 heterocycles. The number of carbonyl (C=O) groups is 2. The third-order valence-electron chi connectivity index (χ3n) is 7.23. The van der Waals surface area contributed by atoms with Crippen molar-refractivity contribution in [2.45, 2.75) is 59.7 Å². The summed E-state index contributed by atoms with van der Waals surface area (Å²) < 4.78 is 0.945. The summed E-state index contributed by atoms with van der Waals surface area (Å²) in [5, 5.41) is 4.13.